The summed E-state index contributed by atoms with van der Waals surface area (Å²) in [4.78, 5) is 14.4. The van der Waals surface area contributed by atoms with Crippen LogP contribution in [0.1, 0.15) is 48.1 Å². The highest BCUT2D eigenvalue weighted by molar-refractivity contribution is 7.91. The molecule has 1 heterocycles. The molecule has 3 rings (SSSR count). The molecule has 1 aliphatic rings. The topological polar surface area (TPSA) is 54.5 Å². The summed E-state index contributed by atoms with van der Waals surface area (Å²) in [6.07, 6.45) is 0.763. The lowest BCUT2D eigenvalue weighted by Gasteiger charge is -2.20. The number of hydrogen-bond acceptors (Lipinski definition) is 3. The van der Waals surface area contributed by atoms with Gasteiger partial charge in [-0.2, -0.15) is 0 Å². The Labute approximate surface area is 162 Å². The largest absolute Gasteiger partial charge is 0.341 e. The Morgan fingerprint density at radius 3 is 2.33 bits per heavy atom. The van der Waals surface area contributed by atoms with E-state index in [0.717, 1.165) is 11.1 Å². The molecular weight excluding hydrogens is 358 g/mol. The van der Waals surface area contributed by atoms with Gasteiger partial charge in [0.2, 0.25) is 5.91 Å². The van der Waals surface area contributed by atoms with Gasteiger partial charge >= 0.3 is 0 Å². The zero-order valence-electron chi connectivity index (χ0n) is 16.0. The molecule has 0 aromatic heterocycles. The Bertz CT molecular complexity index is 874. The zero-order valence-corrected chi connectivity index (χ0v) is 16.8. The normalized spacial score (nSPS) is 19.7. The summed E-state index contributed by atoms with van der Waals surface area (Å²) in [5, 5.41) is -0.526. The summed E-state index contributed by atoms with van der Waals surface area (Å²) < 4.78 is 25.4. The van der Waals surface area contributed by atoms with E-state index in [1.807, 2.05) is 42.5 Å². The molecule has 4 nitrogen and oxygen atoms in total. The third-order valence-corrected chi connectivity index (χ3v) is 7.39. The van der Waals surface area contributed by atoms with Gasteiger partial charge in [0.15, 0.2) is 9.84 Å². The van der Waals surface area contributed by atoms with Gasteiger partial charge in [-0.25, -0.2) is 8.42 Å². The minimum Gasteiger partial charge on any atom is -0.341 e. The minimum atomic E-state index is -3.26. The van der Waals surface area contributed by atoms with Crippen LogP contribution in [-0.4, -0.2) is 38.1 Å². The average Bonchev–Trinajstić information content (AvgIpc) is 2.81. The highest BCUT2D eigenvalue weighted by Gasteiger charge is 2.32. The van der Waals surface area contributed by atoms with Crippen LogP contribution < -0.4 is 0 Å². The smallest absolute Gasteiger partial charge is 0.227 e. The van der Waals surface area contributed by atoms with E-state index >= 15 is 0 Å². The monoisotopic (exact) mass is 385 g/mol. The van der Waals surface area contributed by atoms with Gasteiger partial charge in [-0.05, 0) is 29.0 Å². The van der Waals surface area contributed by atoms with Crippen molar-refractivity contribution in [1.29, 1.82) is 0 Å². The molecule has 1 aliphatic heterocycles. The van der Waals surface area contributed by atoms with Gasteiger partial charge in [0.1, 0.15) is 0 Å². The lowest BCUT2D eigenvalue weighted by atomic mass is 10.0. The van der Waals surface area contributed by atoms with Crippen LogP contribution in [0.2, 0.25) is 0 Å². The maximum atomic E-state index is 12.7. The second kappa shape index (κ2) is 8.26. The first-order valence-corrected chi connectivity index (χ1v) is 11.2. The fraction of sp³-hybridized carbons (Fsp3) is 0.409. The molecule has 5 heteroatoms. The summed E-state index contributed by atoms with van der Waals surface area (Å²) in [7, 11) is -3.26. The van der Waals surface area contributed by atoms with E-state index in [1.54, 1.807) is 4.90 Å². The fourth-order valence-corrected chi connectivity index (χ4v) is 5.34. The van der Waals surface area contributed by atoms with Crippen LogP contribution in [0.25, 0.3) is 0 Å². The van der Waals surface area contributed by atoms with Crippen LogP contribution in [0, 0.1) is 0 Å². The molecule has 144 valence electrons. The maximum Gasteiger partial charge on any atom is 0.227 e. The number of carbonyl (C=O) groups is 1. The molecule has 2 aromatic carbocycles. The van der Waals surface area contributed by atoms with Crippen LogP contribution >= 0.6 is 0 Å². The molecule has 0 N–H and O–H groups in total. The molecular formula is C22H27NO3S. The average molecular weight is 386 g/mol. The van der Waals surface area contributed by atoms with E-state index in [9.17, 15) is 13.2 Å². The lowest BCUT2D eigenvalue weighted by molar-refractivity contribution is -0.130. The first-order chi connectivity index (χ1) is 12.9. The molecule has 1 amide bonds. The minimum absolute atomic E-state index is 0.00351. The van der Waals surface area contributed by atoms with Crippen LogP contribution in [0.4, 0.5) is 0 Å². The number of nitrogens with zero attached hydrogens (tertiary/aromatic N) is 1. The van der Waals surface area contributed by atoms with Crippen molar-refractivity contribution >= 4 is 15.7 Å². The molecule has 0 saturated carbocycles. The van der Waals surface area contributed by atoms with Crippen molar-refractivity contribution in [3.63, 3.8) is 0 Å². The standard InChI is InChI=1S/C22H27NO3S/c1-17(2)19-10-8-18(9-11-19)16-22(24)23-13-12-21(27(25,26)15-14-23)20-6-4-3-5-7-20/h3-11,17,21H,12-16H2,1-2H3. The van der Waals surface area contributed by atoms with Gasteiger partial charge in [0, 0.05) is 13.1 Å². The van der Waals surface area contributed by atoms with E-state index in [1.165, 1.54) is 5.56 Å². The van der Waals surface area contributed by atoms with Crippen LogP contribution in [-0.2, 0) is 21.1 Å². The highest BCUT2D eigenvalue weighted by Crippen LogP contribution is 2.29. The molecule has 0 radical (unpaired) electrons. The number of rotatable bonds is 4. The molecule has 0 spiro atoms. The van der Waals surface area contributed by atoms with Gasteiger partial charge < -0.3 is 4.90 Å². The molecule has 1 atom stereocenters. The van der Waals surface area contributed by atoms with Gasteiger partial charge in [-0.1, -0.05) is 68.4 Å². The number of sulfone groups is 1. The predicted molar refractivity (Wildman–Crippen MR) is 108 cm³/mol. The summed E-state index contributed by atoms with van der Waals surface area (Å²) >= 11 is 0. The second-order valence-electron chi connectivity index (χ2n) is 7.51. The number of hydrogen-bond donors (Lipinski definition) is 0. The van der Waals surface area contributed by atoms with Crippen molar-refractivity contribution in [3.8, 4) is 0 Å². The molecule has 0 bridgehead atoms. The first-order valence-electron chi connectivity index (χ1n) is 9.50. The highest BCUT2D eigenvalue weighted by atomic mass is 32.2. The number of amides is 1. The third kappa shape index (κ3) is 4.78. The van der Waals surface area contributed by atoms with Gasteiger partial charge in [-0.15, -0.1) is 0 Å². The maximum absolute atomic E-state index is 12.7. The summed E-state index contributed by atoms with van der Waals surface area (Å²) in [5.74, 6) is 0.474. The van der Waals surface area contributed by atoms with Crippen molar-refractivity contribution in [1.82, 2.24) is 4.90 Å². The van der Waals surface area contributed by atoms with Crippen molar-refractivity contribution < 1.29 is 13.2 Å². The van der Waals surface area contributed by atoms with Crippen LogP contribution in [0.5, 0.6) is 0 Å². The Balaban J connectivity index is 1.68. The first kappa shape index (κ1) is 19.6. The molecule has 1 unspecified atom stereocenters. The molecule has 27 heavy (non-hydrogen) atoms. The summed E-state index contributed by atoms with van der Waals surface area (Å²) in [6.45, 7) is 5.03. The van der Waals surface area contributed by atoms with Crippen molar-refractivity contribution in [2.45, 2.75) is 37.9 Å². The van der Waals surface area contributed by atoms with E-state index in [0.29, 0.717) is 25.3 Å². The summed E-state index contributed by atoms with van der Waals surface area (Å²) in [5.41, 5.74) is 3.03. The fourth-order valence-electron chi connectivity index (χ4n) is 3.54. The molecule has 1 saturated heterocycles. The third-order valence-electron chi connectivity index (χ3n) is 5.27. The van der Waals surface area contributed by atoms with Gasteiger partial charge in [0.05, 0.1) is 17.4 Å². The van der Waals surface area contributed by atoms with E-state index in [2.05, 4.69) is 26.0 Å². The molecule has 2 aromatic rings. The van der Waals surface area contributed by atoms with E-state index in [-0.39, 0.29) is 18.2 Å². The lowest BCUT2D eigenvalue weighted by Crippen LogP contribution is -2.34. The predicted octanol–water partition coefficient (Wildman–Crippen LogP) is 3.74. The van der Waals surface area contributed by atoms with Crippen molar-refractivity contribution in [2.24, 2.45) is 0 Å². The molecule has 0 aliphatic carbocycles. The van der Waals surface area contributed by atoms with Crippen molar-refractivity contribution in [2.75, 3.05) is 18.8 Å². The Kier molecular flexibility index (Phi) is 6.00. The van der Waals surface area contributed by atoms with Gasteiger partial charge in [-0.3, -0.25) is 4.79 Å². The van der Waals surface area contributed by atoms with Crippen LogP contribution in [0.3, 0.4) is 0 Å². The van der Waals surface area contributed by atoms with E-state index in [4.69, 9.17) is 0 Å². The number of benzene rings is 2. The zero-order chi connectivity index (χ0) is 19.4. The Morgan fingerprint density at radius 1 is 1.04 bits per heavy atom. The van der Waals surface area contributed by atoms with Crippen molar-refractivity contribution in [3.05, 3.63) is 71.3 Å². The number of carbonyl (C=O) groups excluding carboxylic acids is 1. The second-order valence-corrected chi connectivity index (χ2v) is 9.81. The quantitative estimate of drug-likeness (QED) is 0.806. The Morgan fingerprint density at radius 2 is 1.70 bits per heavy atom. The van der Waals surface area contributed by atoms with Crippen LogP contribution in [0.15, 0.2) is 54.6 Å². The summed E-state index contributed by atoms with van der Waals surface area (Å²) in [6, 6.07) is 17.4. The van der Waals surface area contributed by atoms with Gasteiger partial charge in [0.25, 0.3) is 0 Å². The Hall–Kier alpha value is -2.14. The molecule has 1 fully saturated rings. The SMILES string of the molecule is CC(C)c1ccc(CC(=O)N2CCC(c3ccccc3)S(=O)(=O)CC2)cc1. The van der Waals surface area contributed by atoms with E-state index < -0.39 is 15.1 Å².